The van der Waals surface area contributed by atoms with Gasteiger partial charge in [-0.25, -0.2) is 0 Å². The van der Waals surface area contributed by atoms with Crippen LogP contribution in [0.15, 0.2) is 17.5 Å². The van der Waals surface area contributed by atoms with Crippen molar-refractivity contribution in [3.63, 3.8) is 0 Å². The van der Waals surface area contributed by atoms with Crippen LogP contribution in [0, 0.1) is 5.92 Å². The van der Waals surface area contributed by atoms with Gasteiger partial charge in [-0.1, -0.05) is 19.9 Å². The Morgan fingerprint density at radius 1 is 1.39 bits per heavy atom. The first-order chi connectivity index (χ1) is 8.49. The summed E-state index contributed by atoms with van der Waals surface area (Å²) in [5.41, 5.74) is 0. The molecule has 0 fully saturated rings. The highest BCUT2D eigenvalue weighted by Gasteiger charge is 2.18. The van der Waals surface area contributed by atoms with Gasteiger partial charge in [-0.05, 0) is 37.1 Å². The van der Waals surface area contributed by atoms with Crippen LogP contribution in [-0.4, -0.2) is 17.1 Å². The Bertz CT molecular complexity index is 349. The number of carbonyl (C=O) groups is 1. The second-order valence-electron chi connectivity index (χ2n) is 5.20. The predicted molar refractivity (Wildman–Crippen MR) is 76.0 cm³/mol. The quantitative estimate of drug-likeness (QED) is 0.757. The number of thiophene rings is 1. The van der Waals surface area contributed by atoms with Crippen molar-refractivity contribution in [2.75, 3.05) is 0 Å². The highest BCUT2D eigenvalue weighted by atomic mass is 32.1. The summed E-state index contributed by atoms with van der Waals surface area (Å²) in [4.78, 5) is 12.0. The summed E-state index contributed by atoms with van der Waals surface area (Å²) in [6.07, 6.45) is 2.39. The van der Waals surface area contributed by atoms with Crippen LogP contribution in [0.3, 0.4) is 0 Å². The van der Waals surface area contributed by atoms with Crippen molar-refractivity contribution in [2.24, 2.45) is 5.92 Å². The lowest BCUT2D eigenvalue weighted by molar-refractivity contribution is -0.137. The Kier molecular flexibility index (Phi) is 6.36. The van der Waals surface area contributed by atoms with Crippen molar-refractivity contribution in [1.29, 1.82) is 0 Å². The van der Waals surface area contributed by atoms with E-state index in [9.17, 15) is 4.79 Å². The molecule has 18 heavy (non-hydrogen) atoms. The number of aliphatic carboxylic acids is 1. The maximum Gasteiger partial charge on any atom is 0.305 e. The molecule has 0 aromatic carbocycles. The summed E-state index contributed by atoms with van der Waals surface area (Å²) >= 11 is 1.61. The van der Waals surface area contributed by atoms with Gasteiger partial charge in [-0.2, -0.15) is 0 Å². The highest BCUT2D eigenvalue weighted by molar-refractivity contribution is 7.10. The summed E-state index contributed by atoms with van der Waals surface area (Å²) in [5, 5.41) is 14.4. The Morgan fingerprint density at radius 2 is 2.11 bits per heavy atom. The van der Waals surface area contributed by atoms with Crippen LogP contribution in [0.4, 0.5) is 0 Å². The molecule has 1 heterocycles. The van der Waals surface area contributed by atoms with Crippen LogP contribution >= 0.6 is 11.3 Å². The number of rotatable bonds is 8. The number of hydrogen-bond acceptors (Lipinski definition) is 3. The zero-order valence-electron chi connectivity index (χ0n) is 11.3. The zero-order valence-corrected chi connectivity index (χ0v) is 12.2. The normalized spacial score (nSPS) is 14.7. The van der Waals surface area contributed by atoms with Crippen LogP contribution in [0.2, 0.25) is 0 Å². The van der Waals surface area contributed by atoms with E-state index in [0.717, 1.165) is 11.3 Å². The molecule has 102 valence electrons. The SMILES string of the molecule is CC(C)CCC(C)NC(CC(=O)O)c1cccs1. The molecule has 2 atom stereocenters. The molecule has 3 nitrogen and oxygen atoms in total. The fourth-order valence-corrected chi connectivity index (χ4v) is 2.70. The third kappa shape index (κ3) is 5.65. The van der Waals surface area contributed by atoms with E-state index in [4.69, 9.17) is 5.11 Å². The van der Waals surface area contributed by atoms with E-state index in [2.05, 4.69) is 26.1 Å². The average Bonchev–Trinajstić information content (AvgIpc) is 2.78. The maximum absolute atomic E-state index is 10.9. The molecule has 0 saturated heterocycles. The van der Waals surface area contributed by atoms with Crippen molar-refractivity contribution in [1.82, 2.24) is 5.32 Å². The van der Waals surface area contributed by atoms with Crippen molar-refractivity contribution < 1.29 is 9.90 Å². The lowest BCUT2D eigenvalue weighted by Crippen LogP contribution is -2.31. The second-order valence-corrected chi connectivity index (χ2v) is 6.18. The molecule has 4 heteroatoms. The molecule has 0 aliphatic rings. The Hall–Kier alpha value is -0.870. The molecule has 2 N–H and O–H groups in total. The summed E-state index contributed by atoms with van der Waals surface area (Å²) in [5.74, 6) is -0.0640. The molecule has 2 unspecified atom stereocenters. The minimum absolute atomic E-state index is 0.0651. The second kappa shape index (κ2) is 7.54. The standard InChI is InChI=1S/C14H23NO2S/c1-10(2)6-7-11(3)15-12(9-14(16)17)13-5-4-8-18-13/h4-5,8,10-12,15H,6-7,9H2,1-3H3,(H,16,17). The monoisotopic (exact) mass is 269 g/mol. The van der Waals surface area contributed by atoms with Gasteiger partial charge >= 0.3 is 5.97 Å². The molecule has 0 spiro atoms. The lowest BCUT2D eigenvalue weighted by Gasteiger charge is -2.22. The van der Waals surface area contributed by atoms with Gasteiger partial charge in [0.1, 0.15) is 0 Å². The fraction of sp³-hybridized carbons (Fsp3) is 0.643. The molecule has 0 aliphatic heterocycles. The highest BCUT2D eigenvalue weighted by Crippen LogP contribution is 2.23. The van der Waals surface area contributed by atoms with Crippen molar-refractivity contribution >= 4 is 17.3 Å². The van der Waals surface area contributed by atoms with Gasteiger partial charge in [0.15, 0.2) is 0 Å². The lowest BCUT2D eigenvalue weighted by atomic mass is 10.0. The molecule has 0 aliphatic carbocycles. The number of hydrogen-bond donors (Lipinski definition) is 2. The van der Waals surface area contributed by atoms with Crippen LogP contribution in [0.25, 0.3) is 0 Å². The van der Waals surface area contributed by atoms with Crippen LogP contribution in [0.1, 0.15) is 51.0 Å². The molecular weight excluding hydrogens is 246 g/mol. The molecule has 0 bridgehead atoms. The van der Waals surface area contributed by atoms with Gasteiger partial charge in [0.2, 0.25) is 0 Å². The summed E-state index contributed by atoms with van der Waals surface area (Å²) in [6.45, 7) is 6.55. The van der Waals surface area contributed by atoms with Crippen molar-refractivity contribution in [2.45, 2.75) is 52.1 Å². The van der Waals surface area contributed by atoms with E-state index in [-0.39, 0.29) is 12.5 Å². The number of nitrogens with one attached hydrogen (secondary N) is 1. The third-order valence-corrected chi connectivity index (χ3v) is 3.91. The molecule has 0 amide bonds. The minimum atomic E-state index is -0.753. The smallest absolute Gasteiger partial charge is 0.305 e. The van der Waals surface area contributed by atoms with Crippen molar-refractivity contribution in [3.8, 4) is 0 Å². The molecule has 1 aromatic heterocycles. The predicted octanol–water partition coefficient (Wildman–Crippen LogP) is 3.68. The van der Waals surface area contributed by atoms with Crippen LogP contribution < -0.4 is 5.32 Å². The van der Waals surface area contributed by atoms with Gasteiger partial charge in [-0.15, -0.1) is 11.3 Å². The molecule has 0 radical (unpaired) electrons. The van der Waals surface area contributed by atoms with Gasteiger partial charge in [0.25, 0.3) is 0 Å². The Morgan fingerprint density at radius 3 is 2.61 bits per heavy atom. The fourth-order valence-electron chi connectivity index (χ4n) is 1.92. The van der Waals surface area contributed by atoms with Gasteiger partial charge in [0.05, 0.1) is 12.5 Å². The van der Waals surface area contributed by atoms with E-state index >= 15 is 0 Å². The molecular formula is C14H23NO2S. The van der Waals surface area contributed by atoms with Crippen LogP contribution in [-0.2, 0) is 4.79 Å². The Labute approximate surface area is 113 Å². The molecule has 0 saturated carbocycles. The van der Waals surface area contributed by atoms with Gasteiger partial charge in [0, 0.05) is 10.9 Å². The average molecular weight is 269 g/mol. The van der Waals surface area contributed by atoms with E-state index in [0.29, 0.717) is 12.0 Å². The topological polar surface area (TPSA) is 49.3 Å². The zero-order chi connectivity index (χ0) is 13.5. The largest absolute Gasteiger partial charge is 0.481 e. The van der Waals surface area contributed by atoms with Crippen LogP contribution in [0.5, 0.6) is 0 Å². The molecule has 1 rings (SSSR count). The van der Waals surface area contributed by atoms with E-state index in [1.54, 1.807) is 11.3 Å². The molecule has 1 aromatic rings. The maximum atomic E-state index is 10.9. The van der Waals surface area contributed by atoms with E-state index in [1.165, 1.54) is 6.42 Å². The first-order valence-corrected chi connectivity index (χ1v) is 7.38. The Balaban J connectivity index is 2.53. The third-order valence-electron chi connectivity index (χ3n) is 2.93. The van der Waals surface area contributed by atoms with E-state index < -0.39 is 5.97 Å². The number of carboxylic acids is 1. The first kappa shape index (κ1) is 15.2. The van der Waals surface area contributed by atoms with Gasteiger partial charge in [-0.3, -0.25) is 4.79 Å². The summed E-state index contributed by atoms with van der Waals surface area (Å²) in [6, 6.07) is 4.25. The minimum Gasteiger partial charge on any atom is -0.481 e. The van der Waals surface area contributed by atoms with Gasteiger partial charge < -0.3 is 10.4 Å². The van der Waals surface area contributed by atoms with Crippen molar-refractivity contribution in [3.05, 3.63) is 22.4 Å². The first-order valence-electron chi connectivity index (χ1n) is 6.50. The number of carboxylic acid groups (broad SMARTS) is 1. The summed E-state index contributed by atoms with van der Waals surface area (Å²) in [7, 11) is 0. The van der Waals surface area contributed by atoms with E-state index in [1.807, 2.05) is 17.5 Å². The summed E-state index contributed by atoms with van der Waals surface area (Å²) < 4.78 is 0.